The van der Waals surface area contributed by atoms with E-state index in [1.807, 2.05) is 30.3 Å². The van der Waals surface area contributed by atoms with E-state index in [1.54, 1.807) is 6.20 Å². The minimum atomic E-state index is -0.603. The van der Waals surface area contributed by atoms with Crippen molar-refractivity contribution in [1.82, 2.24) is 4.98 Å². The Bertz CT molecular complexity index is 647. The average Bonchev–Trinajstić information content (AvgIpc) is 3.03. The molecule has 0 radical (unpaired) electrons. The van der Waals surface area contributed by atoms with Crippen LogP contribution in [0.25, 0.3) is 11.3 Å². The third-order valence-corrected chi connectivity index (χ3v) is 2.79. The highest BCUT2D eigenvalue weighted by Gasteiger charge is 2.17. The third-order valence-electron chi connectivity index (χ3n) is 2.79. The third kappa shape index (κ3) is 3.22. The maximum Gasteiger partial charge on any atom is 0.377 e. The molecule has 0 spiro atoms. The van der Waals surface area contributed by atoms with E-state index in [0.717, 1.165) is 5.56 Å². The van der Waals surface area contributed by atoms with Crippen LogP contribution in [0, 0.1) is 0 Å². The quantitative estimate of drug-likeness (QED) is 0.803. The predicted molar refractivity (Wildman–Crippen MR) is 71.7 cm³/mol. The summed E-state index contributed by atoms with van der Waals surface area (Å²) < 4.78 is 20.7. The minimum absolute atomic E-state index is 0.0519. The first-order chi connectivity index (χ1) is 10.3. The van der Waals surface area contributed by atoms with Crippen molar-refractivity contribution in [3.8, 4) is 11.3 Å². The summed E-state index contributed by atoms with van der Waals surface area (Å²) >= 11 is 0. The zero-order chi connectivity index (χ0) is 14.5. The second-order valence-electron chi connectivity index (χ2n) is 4.26. The summed E-state index contributed by atoms with van der Waals surface area (Å²) in [4.78, 5) is 15.8. The van der Waals surface area contributed by atoms with E-state index in [-0.39, 0.29) is 12.4 Å². The molecule has 108 valence electrons. The Labute approximate surface area is 120 Å². The average molecular weight is 287 g/mol. The first kappa shape index (κ1) is 13.2. The first-order valence-corrected chi connectivity index (χ1v) is 6.45. The maximum atomic E-state index is 11.7. The van der Waals surface area contributed by atoms with Crippen molar-refractivity contribution in [2.45, 2.75) is 6.61 Å². The SMILES string of the molecule is O=C(OCc1ncc(-c2ccccc2)o1)C1=COCCO1. The number of nitrogens with zero attached hydrogens (tertiary/aromatic N) is 1. The largest absolute Gasteiger partial charge is 0.493 e. The molecule has 0 atom stereocenters. The number of carbonyl (C=O) groups is 1. The molecule has 0 bridgehead atoms. The molecule has 6 heteroatoms. The van der Waals surface area contributed by atoms with Crippen LogP contribution in [0.1, 0.15) is 5.89 Å². The van der Waals surface area contributed by atoms with Crippen LogP contribution in [0.4, 0.5) is 0 Å². The molecule has 1 aliphatic heterocycles. The van der Waals surface area contributed by atoms with Gasteiger partial charge in [0.15, 0.2) is 12.4 Å². The number of ether oxygens (including phenoxy) is 3. The van der Waals surface area contributed by atoms with Gasteiger partial charge in [0.1, 0.15) is 19.5 Å². The van der Waals surface area contributed by atoms with E-state index in [0.29, 0.717) is 24.9 Å². The molecule has 1 aromatic heterocycles. The van der Waals surface area contributed by atoms with Crippen molar-refractivity contribution >= 4 is 5.97 Å². The summed E-state index contributed by atoms with van der Waals surface area (Å²) in [5.41, 5.74) is 0.911. The zero-order valence-corrected chi connectivity index (χ0v) is 11.2. The number of hydrogen-bond acceptors (Lipinski definition) is 6. The second kappa shape index (κ2) is 6.13. The Balaban J connectivity index is 1.60. The van der Waals surface area contributed by atoms with E-state index in [9.17, 15) is 4.79 Å². The van der Waals surface area contributed by atoms with Crippen LogP contribution >= 0.6 is 0 Å². The summed E-state index contributed by atoms with van der Waals surface area (Å²) in [6.45, 7) is 0.696. The van der Waals surface area contributed by atoms with E-state index in [2.05, 4.69) is 4.98 Å². The lowest BCUT2D eigenvalue weighted by molar-refractivity contribution is -0.146. The van der Waals surface area contributed by atoms with Gasteiger partial charge in [-0.1, -0.05) is 30.3 Å². The van der Waals surface area contributed by atoms with E-state index < -0.39 is 5.97 Å². The van der Waals surface area contributed by atoms with E-state index >= 15 is 0 Å². The van der Waals surface area contributed by atoms with Crippen molar-refractivity contribution in [1.29, 1.82) is 0 Å². The lowest BCUT2D eigenvalue weighted by Crippen LogP contribution is -2.17. The smallest absolute Gasteiger partial charge is 0.377 e. The van der Waals surface area contributed by atoms with Gasteiger partial charge in [-0.3, -0.25) is 0 Å². The van der Waals surface area contributed by atoms with Gasteiger partial charge < -0.3 is 18.6 Å². The second-order valence-corrected chi connectivity index (χ2v) is 4.26. The van der Waals surface area contributed by atoms with Gasteiger partial charge in [-0.05, 0) is 0 Å². The molecule has 0 aliphatic carbocycles. The molecular formula is C15H13NO5. The van der Waals surface area contributed by atoms with Crippen LogP contribution in [0.15, 0.2) is 53.0 Å². The number of carbonyl (C=O) groups excluding carboxylic acids is 1. The molecule has 2 aromatic rings. The van der Waals surface area contributed by atoms with Crippen LogP contribution in [0.3, 0.4) is 0 Å². The van der Waals surface area contributed by atoms with Gasteiger partial charge in [0.25, 0.3) is 0 Å². The monoisotopic (exact) mass is 287 g/mol. The number of rotatable bonds is 4. The molecule has 0 saturated heterocycles. The van der Waals surface area contributed by atoms with Gasteiger partial charge in [-0.25, -0.2) is 9.78 Å². The fourth-order valence-corrected chi connectivity index (χ4v) is 1.79. The van der Waals surface area contributed by atoms with Crippen molar-refractivity contribution in [3.63, 3.8) is 0 Å². The molecule has 0 N–H and O–H groups in total. The number of benzene rings is 1. The predicted octanol–water partition coefficient (Wildman–Crippen LogP) is 2.27. The Morgan fingerprint density at radius 3 is 2.86 bits per heavy atom. The number of esters is 1. The molecule has 0 saturated carbocycles. The van der Waals surface area contributed by atoms with Crippen molar-refractivity contribution in [2.75, 3.05) is 13.2 Å². The van der Waals surface area contributed by atoms with Crippen LogP contribution in [-0.2, 0) is 25.6 Å². The Morgan fingerprint density at radius 1 is 1.24 bits per heavy atom. The van der Waals surface area contributed by atoms with Crippen LogP contribution in [-0.4, -0.2) is 24.2 Å². The van der Waals surface area contributed by atoms with Crippen LogP contribution < -0.4 is 0 Å². The van der Waals surface area contributed by atoms with Crippen molar-refractivity contribution in [3.05, 3.63) is 54.4 Å². The van der Waals surface area contributed by atoms with Crippen LogP contribution in [0.5, 0.6) is 0 Å². The minimum Gasteiger partial charge on any atom is -0.493 e. The summed E-state index contributed by atoms with van der Waals surface area (Å²) in [5.74, 6) is 0.392. The molecule has 1 aromatic carbocycles. The van der Waals surface area contributed by atoms with E-state index in [4.69, 9.17) is 18.6 Å². The van der Waals surface area contributed by atoms with Gasteiger partial charge in [0.2, 0.25) is 11.6 Å². The molecule has 3 rings (SSSR count). The summed E-state index contributed by atoms with van der Waals surface area (Å²) in [7, 11) is 0. The lowest BCUT2D eigenvalue weighted by atomic mass is 10.2. The Morgan fingerprint density at radius 2 is 2.10 bits per heavy atom. The molecular weight excluding hydrogens is 274 g/mol. The Hall–Kier alpha value is -2.76. The van der Waals surface area contributed by atoms with Crippen LogP contribution in [0.2, 0.25) is 0 Å². The molecule has 1 aliphatic rings. The molecule has 2 heterocycles. The van der Waals surface area contributed by atoms with Gasteiger partial charge in [0, 0.05) is 5.56 Å². The standard InChI is InChI=1S/C15H13NO5/c17-15(13-9-18-6-7-19-13)20-10-14-16-8-12(21-14)11-4-2-1-3-5-11/h1-5,8-9H,6-7,10H2. The summed E-state index contributed by atoms with van der Waals surface area (Å²) in [6, 6.07) is 9.56. The highest BCUT2D eigenvalue weighted by Crippen LogP contribution is 2.20. The summed E-state index contributed by atoms with van der Waals surface area (Å²) in [6.07, 6.45) is 2.84. The van der Waals surface area contributed by atoms with Gasteiger partial charge >= 0.3 is 5.97 Å². The van der Waals surface area contributed by atoms with Gasteiger partial charge in [-0.2, -0.15) is 0 Å². The topological polar surface area (TPSA) is 70.8 Å². The lowest BCUT2D eigenvalue weighted by Gasteiger charge is -2.13. The molecule has 6 nitrogen and oxygen atoms in total. The number of oxazole rings is 1. The van der Waals surface area contributed by atoms with Crippen molar-refractivity contribution in [2.24, 2.45) is 0 Å². The van der Waals surface area contributed by atoms with Crippen molar-refractivity contribution < 1.29 is 23.4 Å². The molecule has 0 unspecified atom stereocenters. The zero-order valence-electron chi connectivity index (χ0n) is 11.2. The first-order valence-electron chi connectivity index (χ1n) is 6.45. The highest BCUT2D eigenvalue weighted by molar-refractivity contribution is 5.85. The number of hydrogen-bond donors (Lipinski definition) is 0. The Kier molecular flexibility index (Phi) is 3.86. The maximum absolute atomic E-state index is 11.7. The summed E-state index contributed by atoms with van der Waals surface area (Å²) in [5, 5.41) is 0. The number of aromatic nitrogens is 1. The fraction of sp³-hybridized carbons (Fsp3) is 0.200. The molecule has 0 amide bonds. The highest BCUT2D eigenvalue weighted by atomic mass is 16.6. The van der Waals surface area contributed by atoms with E-state index in [1.165, 1.54) is 6.26 Å². The van der Waals surface area contributed by atoms with Gasteiger partial charge in [-0.15, -0.1) is 0 Å². The fourth-order valence-electron chi connectivity index (χ4n) is 1.79. The molecule has 0 fully saturated rings. The molecule has 21 heavy (non-hydrogen) atoms. The van der Waals surface area contributed by atoms with Gasteiger partial charge in [0.05, 0.1) is 6.20 Å². The normalized spacial score (nSPS) is 13.8.